The van der Waals surface area contributed by atoms with Crippen molar-refractivity contribution >= 4 is 52.1 Å². The second-order valence-corrected chi connectivity index (χ2v) is 5.61. The third-order valence-electron chi connectivity index (χ3n) is 2.68. The van der Waals surface area contributed by atoms with E-state index in [1.165, 1.54) is 30.3 Å². The summed E-state index contributed by atoms with van der Waals surface area (Å²) in [6.07, 6.45) is 0. The van der Waals surface area contributed by atoms with Crippen LogP contribution in [0.2, 0.25) is 15.1 Å². The first-order chi connectivity index (χ1) is 10.9. The average molecular weight is 376 g/mol. The Kier molecular flexibility index (Phi) is 5.65. The number of nitro benzene ring substituents is 1. The van der Waals surface area contributed by atoms with E-state index in [-0.39, 0.29) is 33.8 Å². The van der Waals surface area contributed by atoms with Crippen molar-refractivity contribution in [1.82, 2.24) is 0 Å². The third-order valence-corrected chi connectivity index (χ3v) is 3.45. The maximum absolute atomic E-state index is 11.9. The number of ether oxygens (including phenoxy) is 1. The summed E-state index contributed by atoms with van der Waals surface area (Å²) >= 11 is 17.4. The fourth-order valence-electron chi connectivity index (χ4n) is 1.69. The van der Waals surface area contributed by atoms with Crippen molar-refractivity contribution in [3.8, 4) is 5.75 Å². The fourth-order valence-corrected chi connectivity index (χ4v) is 2.32. The fraction of sp³-hybridized carbons (Fsp3) is 0.0714. The first-order valence-electron chi connectivity index (χ1n) is 6.18. The van der Waals surface area contributed by atoms with Crippen LogP contribution >= 0.6 is 34.8 Å². The van der Waals surface area contributed by atoms with Crippen LogP contribution in [0.15, 0.2) is 36.4 Å². The lowest BCUT2D eigenvalue weighted by molar-refractivity contribution is -0.383. The number of hydrogen-bond acceptors (Lipinski definition) is 4. The molecule has 0 saturated carbocycles. The van der Waals surface area contributed by atoms with Gasteiger partial charge in [-0.1, -0.05) is 34.8 Å². The number of hydrogen-bond donors (Lipinski definition) is 1. The molecule has 23 heavy (non-hydrogen) atoms. The molecular formula is C14H9Cl3N2O4. The lowest BCUT2D eigenvalue weighted by Crippen LogP contribution is -2.20. The van der Waals surface area contributed by atoms with Crippen LogP contribution in [0.5, 0.6) is 5.75 Å². The Labute approximate surface area is 146 Å². The van der Waals surface area contributed by atoms with Crippen molar-refractivity contribution < 1.29 is 14.5 Å². The van der Waals surface area contributed by atoms with Gasteiger partial charge in [0.2, 0.25) is 0 Å². The first-order valence-corrected chi connectivity index (χ1v) is 7.32. The Balaban J connectivity index is 2.05. The molecule has 9 heteroatoms. The van der Waals surface area contributed by atoms with Crippen LogP contribution < -0.4 is 10.1 Å². The molecule has 0 bridgehead atoms. The maximum Gasteiger partial charge on any atom is 0.292 e. The van der Waals surface area contributed by atoms with E-state index in [1.807, 2.05) is 0 Å². The number of nitrogens with zero attached hydrogens (tertiary/aromatic N) is 1. The van der Waals surface area contributed by atoms with Crippen LogP contribution in [-0.4, -0.2) is 17.4 Å². The van der Waals surface area contributed by atoms with E-state index < -0.39 is 10.8 Å². The SMILES string of the molecule is O=C(COc1ccc(Cl)cc1Cl)Nc1cc(Cl)ccc1[N+](=O)[O-]. The van der Waals surface area contributed by atoms with Gasteiger partial charge in [0.15, 0.2) is 6.61 Å². The van der Waals surface area contributed by atoms with Gasteiger partial charge in [-0.15, -0.1) is 0 Å². The lowest BCUT2D eigenvalue weighted by Gasteiger charge is -2.09. The molecule has 2 rings (SSSR count). The van der Waals surface area contributed by atoms with E-state index >= 15 is 0 Å². The Morgan fingerprint density at radius 2 is 1.78 bits per heavy atom. The Morgan fingerprint density at radius 1 is 1.13 bits per heavy atom. The second kappa shape index (κ2) is 7.50. The molecule has 0 aromatic heterocycles. The average Bonchev–Trinajstić information content (AvgIpc) is 2.46. The zero-order valence-electron chi connectivity index (χ0n) is 11.4. The summed E-state index contributed by atoms with van der Waals surface area (Å²) in [5, 5.41) is 14.2. The van der Waals surface area contributed by atoms with Gasteiger partial charge in [0.05, 0.1) is 9.95 Å². The number of nitrogens with one attached hydrogen (secondary N) is 1. The zero-order chi connectivity index (χ0) is 17.0. The molecule has 0 saturated heterocycles. The normalized spacial score (nSPS) is 10.2. The molecule has 0 aliphatic heterocycles. The molecule has 2 aromatic carbocycles. The number of rotatable bonds is 5. The van der Waals surface area contributed by atoms with E-state index in [2.05, 4.69) is 5.32 Å². The van der Waals surface area contributed by atoms with Crippen LogP contribution in [0.3, 0.4) is 0 Å². The topological polar surface area (TPSA) is 81.5 Å². The standard InChI is InChI=1S/C14H9Cl3N2O4/c15-8-2-4-13(10(17)5-8)23-7-14(20)18-11-6-9(16)1-3-12(11)19(21)22/h1-6H,7H2,(H,18,20). The molecule has 0 radical (unpaired) electrons. The molecule has 0 unspecified atom stereocenters. The quantitative estimate of drug-likeness (QED) is 0.613. The maximum atomic E-state index is 11.9. The zero-order valence-corrected chi connectivity index (χ0v) is 13.7. The summed E-state index contributed by atoms with van der Waals surface area (Å²) < 4.78 is 5.25. The van der Waals surface area contributed by atoms with E-state index in [0.717, 1.165) is 0 Å². The Bertz CT molecular complexity index is 768. The van der Waals surface area contributed by atoms with Crippen LogP contribution in [0.4, 0.5) is 11.4 Å². The minimum atomic E-state index is -0.622. The predicted octanol–water partition coefficient (Wildman–Crippen LogP) is 4.57. The largest absolute Gasteiger partial charge is 0.482 e. The van der Waals surface area contributed by atoms with Crippen molar-refractivity contribution in [3.63, 3.8) is 0 Å². The number of benzene rings is 2. The van der Waals surface area contributed by atoms with Gasteiger partial charge < -0.3 is 10.1 Å². The minimum Gasteiger partial charge on any atom is -0.482 e. The molecule has 0 aliphatic rings. The molecule has 2 aromatic rings. The molecule has 0 heterocycles. The van der Waals surface area contributed by atoms with Gasteiger partial charge in [-0.3, -0.25) is 14.9 Å². The van der Waals surface area contributed by atoms with Gasteiger partial charge in [-0.25, -0.2) is 0 Å². The van der Waals surface area contributed by atoms with E-state index in [9.17, 15) is 14.9 Å². The number of anilines is 1. The van der Waals surface area contributed by atoms with Gasteiger partial charge >= 0.3 is 0 Å². The number of nitro groups is 1. The number of halogens is 3. The monoisotopic (exact) mass is 374 g/mol. The van der Waals surface area contributed by atoms with Gasteiger partial charge in [-0.05, 0) is 30.3 Å². The third kappa shape index (κ3) is 4.72. The molecule has 6 nitrogen and oxygen atoms in total. The number of carbonyl (C=O) groups is 1. The minimum absolute atomic E-state index is 0.0155. The molecule has 0 aliphatic carbocycles. The van der Waals surface area contributed by atoms with E-state index in [0.29, 0.717) is 5.02 Å². The molecule has 0 fully saturated rings. The molecule has 120 valence electrons. The van der Waals surface area contributed by atoms with Crippen molar-refractivity contribution in [1.29, 1.82) is 0 Å². The Morgan fingerprint density at radius 3 is 2.43 bits per heavy atom. The smallest absolute Gasteiger partial charge is 0.292 e. The molecule has 1 amide bonds. The van der Waals surface area contributed by atoms with Gasteiger partial charge in [0, 0.05) is 16.1 Å². The Hall–Kier alpha value is -2.02. The molecular weight excluding hydrogens is 367 g/mol. The summed E-state index contributed by atoms with van der Waals surface area (Å²) in [5.41, 5.74) is -0.287. The van der Waals surface area contributed by atoms with Crippen LogP contribution in [0.25, 0.3) is 0 Å². The first kappa shape index (κ1) is 17.3. The van der Waals surface area contributed by atoms with Crippen molar-refractivity contribution in [3.05, 3.63) is 61.6 Å². The summed E-state index contributed by atoms with van der Waals surface area (Å²) in [6, 6.07) is 8.39. The molecule has 0 spiro atoms. The van der Waals surface area contributed by atoms with Gasteiger partial charge in [0.25, 0.3) is 11.6 Å². The highest BCUT2D eigenvalue weighted by atomic mass is 35.5. The second-order valence-electron chi connectivity index (χ2n) is 4.33. The summed E-state index contributed by atoms with van der Waals surface area (Å²) in [7, 11) is 0. The number of amides is 1. The van der Waals surface area contributed by atoms with E-state index in [4.69, 9.17) is 39.5 Å². The molecule has 0 atom stereocenters. The highest BCUT2D eigenvalue weighted by Gasteiger charge is 2.16. The summed E-state index contributed by atoms with van der Waals surface area (Å²) in [6.45, 7) is -0.384. The van der Waals surface area contributed by atoms with E-state index in [1.54, 1.807) is 6.07 Å². The highest BCUT2D eigenvalue weighted by Crippen LogP contribution is 2.29. The summed E-state index contributed by atoms with van der Waals surface area (Å²) in [4.78, 5) is 22.2. The van der Waals surface area contributed by atoms with Crippen LogP contribution in [0.1, 0.15) is 0 Å². The van der Waals surface area contributed by atoms with Crippen molar-refractivity contribution in [2.45, 2.75) is 0 Å². The van der Waals surface area contributed by atoms with Crippen molar-refractivity contribution in [2.75, 3.05) is 11.9 Å². The predicted molar refractivity (Wildman–Crippen MR) is 88.7 cm³/mol. The van der Waals surface area contributed by atoms with Gasteiger partial charge in [-0.2, -0.15) is 0 Å². The number of carbonyl (C=O) groups excluding carboxylic acids is 1. The van der Waals surface area contributed by atoms with Crippen LogP contribution in [-0.2, 0) is 4.79 Å². The van der Waals surface area contributed by atoms with Gasteiger partial charge in [0.1, 0.15) is 11.4 Å². The van der Waals surface area contributed by atoms with Crippen LogP contribution in [0, 0.1) is 10.1 Å². The summed E-state index contributed by atoms with van der Waals surface area (Å²) in [5.74, 6) is -0.326. The highest BCUT2D eigenvalue weighted by molar-refractivity contribution is 6.35. The lowest BCUT2D eigenvalue weighted by atomic mass is 10.2. The van der Waals surface area contributed by atoms with Crippen molar-refractivity contribution in [2.24, 2.45) is 0 Å². The molecule has 1 N–H and O–H groups in total.